The second-order valence-corrected chi connectivity index (χ2v) is 5.16. The van der Waals surface area contributed by atoms with Gasteiger partial charge in [0.05, 0.1) is 5.69 Å². The third-order valence-electron chi connectivity index (χ3n) is 3.33. The zero-order chi connectivity index (χ0) is 15.7. The fourth-order valence-electron chi connectivity index (χ4n) is 2.35. The van der Waals surface area contributed by atoms with Crippen LogP contribution in [0.15, 0.2) is 18.2 Å². The molecule has 0 unspecified atom stereocenters. The summed E-state index contributed by atoms with van der Waals surface area (Å²) in [4.78, 5) is 10.6. The van der Waals surface area contributed by atoms with E-state index in [0.717, 1.165) is 11.4 Å². The number of fused-ring (bicyclic) bond motifs is 1. The van der Waals surface area contributed by atoms with Crippen molar-refractivity contribution < 1.29 is 9.90 Å². The van der Waals surface area contributed by atoms with Gasteiger partial charge in [0.2, 0.25) is 0 Å². The highest BCUT2D eigenvalue weighted by Crippen LogP contribution is 2.12. The summed E-state index contributed by atoms with van der Waals surface area (Å²) in [5.41, 5.74) is 2.55. The molecule has 0 aromatic carbocycles. The summed E-state index contributed by atoms with van der Waals surface area (Å²) < 4.78 is 3.41. The van der Waals surface area contributed by atoms with Gasteiger partial charge in [-0.15, -0.1) is 15.3 Å². The predicted molar refractivity (Wildman–Crippen MR) is 78.0 cm³/mol. The van der Waals surface area contributed by atoms with Crippen LogP contribution in [-0.4, -0.2) is 40.7 Å². The van der Waals surface area contributed by atoms with Crippen LogP contribution in [0, 0.1) is 13.8 Å². The molecule has 0 saturated heterocycles. The lowest BCUT2D eigenvalue weighted by Gasteiger charge is -2.04. The number of carboxylic acids is 1. The summed E-state index contributed by atoms with van der Waals surface area (Å²) in [5.74, 6) is 0.516. The molecule has 3 rings (SSSR count). The largest absolute Gasteiger partial charge is 0.481 e. The van der Waals surface area contributed by atoms with Crippen LogP contribution in [-0.2, 0) is 11.2 Å². The maximum absolute atomic E-state index is 10.6. The predicted octanol–water partition coefficient (Wildman–Crippen LogP) is 1.33. The molecule has 0 bridgehead atoms. The van der Waals surface area contributed by atoms with Crippen molar-refractivity contribution in [3.8, 4) is 5.82 Å². The smallest absolute Gasteiger partial charge is 0.303 e. The topological polar surface area (TPSA) is 98.2 Å². The quantitative estimate of drug-likeness (QED) is 0.763. The molecule has 0 saturated carbocycles. The molecule has 0 aliphatic heterocycles. The van der Waals surface area contributed by atoms with Crippen molar-refractivity contribution in [1.82, 2.24) is 29.6 Å². The standard InChI is InChI=1S/C14H16N6O2/c1-9-8-10(2)19(17-9)13-7-6-12-16-15-11(20(12)18-13)4-3-5-14(21)22/h6-8H,3-5H2,1-2H3,(H,21,22). The average Bonchev–Trinajstić information content (AvgIpc) is 3.01. The van der Waals surface area contributed by atoms with Gasteiger partial charge in [-0.2, -0.15) is 9.61 Å². The van der Waals surface area contributed by atoms with E-state index in [1.165, 1.54) is 0 Å². The molecule has 0 fully saturated rings. The molecule has 3 aromatic heterocycles. The molecule has 8 heteroatoms. The Bertz CT molecular complexity index is 835. The zero-order valence-corrected chi connectivity index (χ0v) is 12.4. The fraction of sp³-hybridized carbons (Fsp3) is 0.357. The first kappa shape index (κ1) is 14.2. The molecule has 0 amide bonds. The number of rotatable bonds is 5. The Kier molecular flexibility index (Phi) is 3.58. The SMILES string of the molecule is Cc1cc(C)n(-c2ccc3nnc(CCCC(=O)O)n3n2)n1. The minimum atomic E-state index is -0.815. The van der Waals surface area contributed by atoms with Crippen LogP contribution in [0.25, 0.3) is 11.5 Å². The minimum absolute atomic E-state index is 0.103. The lowest BCUT2D eigenvalue weighted by atomic mass is 10.2. The molecule has 114 valence electrons. The van der Waals surface area contributed by atoms with Crippen LogP contribution in [0.4, 0.5) is 0 Å². The molecule has 8 nitrogen and oxygen atoms in total. The summed E-state index contributed by atoms with van der Waals surface area (Å²) in [6.07, 6.45) is 1.12. The van der Waals surface area contributed by atoms with Gasteiger partial charge in [-0.3, -0.25) is 4.79 Å². The first-order valence-corrected chi connectivity index (χ1v) is 7.01. The van der Waals surface area contributed by atoms with E-state index in [1.807, 2.05) is 32.0 Å². The molecule has 0 aliphatic carbocycles. The number of aliphatic carboxylic acids is 1. The van der Waals surface area contributed by atoms with Crippen LogP contribution in [0.1, 0.15) is 30.1 Å². The maximum Gasteiger partial charge on any atom is 0.303 e. The first-order valence-electron chi connectivity index (χ1n) is 7.01. The van der Waals surface area contributed by atoms with Crippen molar-refractivity contribution in [1.29, 1.82) is 0 Å². The zero-order valence-electron chi connectivity index (χ0n) is 12.4. The Morgan fingerprint density at radius 3 is 2.73 bits per heavy atom. The molecule has 3 aromatic rings. The number of carbonyl (C=O) groups is 1. The van der Waals surface area contributed by atoms with E-state index >= 15 is 0 Å². The highest BCUT2D eigenvalue weighted by Gasteiger charge is 2.11. The van der Waals surface area contributed by atoms with Gasteiger partial charge in [-0.25, -0.2) is 4.68 Å². The van der Waals surface area contributed by atoms with Gasteiger partial charge in [0.1, 0.15) is 0 Å². The van der Waals surface area contributed by atoms with Crippen LogP contribution in [0.3, 0.4) is 0 Å². The van der Waals surface area contributed by atoms with Gasteiger partial charge < -0.3 is 5.11 Å². The van der Waals surface area contributed by atoms with E-state index in [0.29, 0.717) is 30.1 Å². The Morgan fingerprint density at radius 2 is 2.05 bits per heavy atom. The third kappa shape index (κ3) is 2.67. The fourth-order valence-corrected chi connectivity index (χ4v) is 2.35. The molecule has 22 heavy (non-hydrogen) atoms. The molecule has 0 aliphatic rings. The van der Waals surface area contributed by atoms with Crippen molar-refractivity contribution in [2.75, 3.05) is 0 Å². The van der Waals surface area contributed by atoms with E-state index in [9.17, 15) is 4.79 Å². The molecular weight excluding hydrogens is 284 g/mol. The maximum atomic E-state index is 10.6. The molecule has 0 spiro atoms. The van der Waals surface area contributed by atoms with Gasteiger partial charge in [-0.1, -0.05) is 0 Å². The van der Waals surface area contributed by atoms with Crippen molar-refractivity contribution in [2.45, 2.75) is 33.1 Å². The lowest BCUT2D eigenvalue weighted by molar-refractivity contribution is -0.137. The van der Waals surface area contributed by atoms with Gasteiger partial charge >= 0.3 is 5.97 Å². The van der Waals surface area contributed by atoms with E-state index in [4.69, 9.17) is 5.11 Å². The van der Waals surface area contributed by atoms with E-state index < -0.39 is 5.97 Å². The molecule has 0 radical (unpaired) electrons. The van der Waals surface area contributed by atoms with E-state index in [2.05, 4.69) is 20.4 Å². The van der Waals surface area contributed by atoms with Crippen molar-refractivity contribution in [3.63, 3.8) is 0 Å². The van der Waals surface area contributed by atoms with E-state index in [-0.39, 0.29) is 6.42 Å². The first-order chi connectivity index (χ1) is 10.5. The second-order valence-electron chi connectivity index (χ2n) is 5.16. The van der Waals surface area contributed by atoms with Gasteiger partial charge in [0.25, 0.3) is 0 Å². The number of hydrogen-bond acceptors (Lipinski definition) is 5. The number of aryl methyl sites for hydroxylation is 3. The minimum Gasteiger partial charge on any atom is -0.481 e. The third-order valence-corrected chi connectivity index (χ3v) is 3.33. The monoisotopic (exact) mass is 300 g/mol. The van der Waals surface area contributed by atoms with Crippen LogP contribution >= 0.6 is 0 Å². The molecule has 0 atom stereocenters. The lowest BCUT2D eigenvalue weighted by Crippen LogP contribution is -2.07. The van der Waals surface area contributed by atoms with Gasteiger partial charge in [0.15, 0.2) is 17.3 Å². The van der Waals surface area contributed by atoms with Crippen LogP contribution < -0.4 is 0 Å². The number of hydrogen-bond donors (Lipinski definition) is 1. The number of carboxylic acid groups (broad SMARTS) is 1. The molecule has 1 N–H and O–H groups in total. The summed E-state index contributed by atoms with van der Waals surface area (Å²) in [6, 6.07) is 5.64. The highest BCUT2D eigenvalue weighted by atomic mass is 16.4. The molecule has 3 heterocycles. The Morgan fingerprint density at radius 1 is 1.23 bits per heavy atom. The summed E-state index contributed by atoms with van der Waals surface area (Å²) >= 11 is 0. The summed E-state index contributed by atoms with van der Waals surface area (Å²) in [7, 11) is 0. The Hall–Kier alpha value is -2.77. The normalized spacial score (nSPS) is 11.2. The second kappa shape index (κ2) is 5.55. The van der Waals surface area contributed by atoms with Crippen molar-refractivity contribution >= 4 is 11.6 Å². The van der Waals surface area contributed by atoms with Crippen LogP contribution in [0.2, 0.25) is 0 Å². The molecular formula is C14H16N6O2. The number of nitrogens with zero attached hydrogens (tertiary/aromatic N) is 6. The summed E-state index contributed by atoms with van der Waals surface area (Å²) in [6.45, 7) is 3.89. The Labute approximate surface area is 126 Å². The van der Waals surface area contributed by atoms with Gasteiger partial charge in [0, 0.05) is 18.5 Å². The summed E-state index contributed by atoms with van der Waals surface area (Å²) in [5, 5.41) is 25.8. The van der Waals surface area contributed by atoms with Crippen LogP contribution in [0.5, 0.6) is 0 Å². The number of aromatic nitrogens is 6. The van der Waals surface area contributed by atoms with E-state index in [1.54, 1.807) is 9.20 Å². The Balaban J connectivity index is 1.94. The highest BCUT2D eigenvalue weighted by molar-refractivity contribution is 5.66. The average molecular weight is 300 g/mol. The van der Waals surface area contributed by atoms with Crippen molar-refractivity contribution in [2.24, 2.45) is 0 Å². The van der Waals surface area contributed by atoms with Gasteiger partial charge in [-0.05, 0) is 38.5 Å². The van der Waals surface area contributed by atoms with Crippen molar-refractivity contribution in [3.05, 3.63) is 35.4 Å².